The molecular formula is C12H18ClN3O3. The van der Waals surface area contributed by atoms with E-state index in [9.17, 15) is 14.9 Å². The van der Waals surface area contributed by atoms with E-state index in [1.54, 1.807) is 33.0 Å². The van der Waals surface area contributed by atoms with Crippen molar-refractivity contribution in [3.05, 3.63) is 33.9 Å². The van der Waals surface area contributed by atoms with Gasteiger partial charge in [0, 0.05) is 18.5 Å². The third-order valence-electron chi connectivity index (χ3n) is 2.72. The third kappa shape index (κ3) is 4.50. The molecule has 7 heteroatoms. The van der Waals surface area contributed by atoms with E-state index in [0.29, 0.717) is 17.8 Å². The van der Waals surface area contributed by atoms with Gasteiger partial charge in [-0.05, 0) is 20.0 Å². The molecule has 2 N–H and O–H groups in total. The van der Waals surface area contributed by atoms with E-state index >= 15 is 0 Å². The van der Waals surface area contributed by atoms with Crippen molar-refractivity contribution in [2.75, 3.05) is 18.9 Å². The highest BCUT2D eigenvalue weighted by atomic mass is 35.5. The molecule has 0 bridgehead atoms. The Balaban J connectivity index is 0.00000324. The minimum absolute atomic E-state index is 0. The van der Waals surface area contributed by atoms with Gasteiger partial charge in [-0.2, -0.15) is 0 Å². The summed E-state index contributed by atoms with van der Waals surface area (Å²) >= 11 is 0. The van der Waals surface area contributed by atoms with Crippen LogP contribution in [0.4, 0.5) is 11.4 Å². The summed E-state index contributed by atoms with van der Waals surface area (Å²) in [6, 6.07) is 4.64. The number of nitrogens with zero attached hydrogens (tertiary/aromatic N) is 1. The predicted octanol–water partition coefficient (Wildman–Crippen LogP) is 2.12. The van der Waals surface area contributed by atoms with Crippen LogP contribution >= 0.6 is 12.4 Å². The molecule has 106 valence electrons. The van der Waals surface area contributed by atoms with Gasteiger partial charge < -0.3 is 10.6 Å². The standard InChI is InChI=1S/C12H17N3O3.ClH/c1-8(7-13-3)12(16)14-10-5-4-6-11(9(10)2)15(17)18;/h4-6,8,13H,7H2,1-3H3,(H,14,16);1H. The van der Waals surface area contributed by atoms with Crippen LogP contribution in [0.3, 0.4) is 0 Å². The van der Waals surface area contributed by atoms with E-state index in [4.69, 9.17) is 0 Å². The fourth-order valence-corrected chi connectivity index (χ4v) is 1.61. The van der Waals surface area contributed by atoms with E-state index in [-0.39, 0.29) is 29.9 Å². The second kappa shape index (κ2) is 7.70. The molecule has 0 aromatic heterocycles. The topological polar surface area (TPSA) is 84.3 Å². The molecule has 0 radical (unpaired) electrons. The Kier molecular flexibility index (Phi) is 7.03. The maximum Gasteiger partial charge on any atom is 0.274 e. The van der Waals surface area contributed by atoms with Crippen LogP contribution in [-0.2, 0) is 4.79 Å². The molecule has 1 unspecified atom stereocenters. The Labute approximate surface area is 118 Å². The average Bonchev–Trinajstić information content (AvgIpc) is 2.31. The molecule has 1 aromatic carbocycles. The van der Waals surface area contributed by atoms with Crippen LogP contribution in [0.5, 0.6) is 0 Å². The van der Waals surface area contributed by atoms with Gasteiger partial charge in [0.15, 0.2) is 0 Å². The molecule has 1 amide bonds. The van der Waals surface area contributed by atoms with E-state index < -0.39 is 4.92 Å². The zero-order valence-electron chi connectivity index (χ0n) is 11.1. The van der Waals surface area contributed by atoms with Crippen LogP contribution in [0, 0.1) is 23.0 Å². The van der Waals surface area contributed by atoms with Gasteiger partial charge in [-0.3, -0.25) is 14.9 Å². The fraction of sp³-hybridized carbons (Fsp3) is 0.417. The van der Waals surface area contributed by atoms with Crippen molar-refractivity contribution in [1.82, 2.24) is 5.32 Å². The molecule has 0 saturated carbocycles. The minimum atomic E-state index is -0.456. The summed E-state index contributed by atoms with van der Waals surface area (Å²) in [5.74, 6) is -0.360. The molecule has 0 heterocycles. The van der Waals surface area contributed by atoms with Crippen LogP contribution in [0.25, 0.3) is 0 Å². The summed E-state index contributed by atoms with van der Waals surface area (Å²) in [7, 11) is 1.77. The molecule has 1 atom stereocenters. The number of rotatable bonds is 5. The second-order valence-corrected chi connectivity index (χ2v) is 4.15. The number of nitrogens with one attached hydrogen (secondary N) is 2. The van der Waals surface area contributed by atoms with Crippen molar-refractivity contribution in [2.24, 2.45) is 5.92 Å². The van der Waals surface area contributed by atoms with Crippen LogP contribution in [0.15, 0.2) is 18.2 Å². The van der Waals surface area contributed by atoms with Crippen molar-refractivity contribution in [2.45, 2.75) is 13.8 Å². The number of nitro benzene ring substituents is 1. The van der Waals surface area contributed by atoms with E-state index in [1.807, 2.05) is 0 Å². The third-order valence-corrected chi connectivity index (χ3v) is 2.72. The normalized spacial score (nSPS) is 11.3. The Hall–Kier alpha value is -1.66. The lowest BCUT2D eigenvalue weighted by Crippen LogP contribution is -2.28. The van der Waals surface area contributed by atoms with Crippen molar-refractivity contribution in [3.63, 3.8) is 0 Å². The number of anilines is 1. The number of carbonyl (C=O) groups excluding carboxylic acids is 1. The van der Waals surface area contributed by atoms with E-state index in [1.165, 1.54) is 6.07 Å². The zero-order chi connectivity index (χ0) is 13.7. The maximum absolute atomic E-state index is 11.8. The number of hydrogen-bond acceptors (Lipinski definition) is 4. The highest BCUT2D eigenvalue weighted by Gasteiger charge is 2.17. The number of amides is 1. The highest BCUT2D eigenvalue weighted by molar-refractivity contribution is 5.93. The summed E-state index contributed by atoms with van der Waals surface area (Å²) in [5.41, 5.74) is 0.957. The zero-order valence-corrected chi connectivity index (χ0v) is 11.9. The van der Waals surface area contributed by atoms with Crippen molar-refractivity contribution in [1.29, 1.82) is 0 Å². The van der Waals surface area contributed by atoms with Gasteiger partial charge in [-0.1, -0.05) is 13.0 Å². The minimum Gasteiger partial charge on any atom is -0.325 e. The first-order chi connectivity index (χ1) is 8.47. The van der Waals surface area contributed by atoms with Crippen LogP contribution in [-0.4, -0.2) is 24.4 Å². The van der Waals surface area contributed by atoms with Gasteiger partial charge in [-0.25, -0.2) is 0 Å². The Morgan fingerprint density at radius 1 is 1.47 bits per heavy atom. The summed E-state index contributed by atoms with van der Waals surface area (Å²) in [4.78, 5) is 22.1. The lowest BCUT2D eigenvalue weighted by atomic mass is 10.1. The van der Waals surface area contributed by atoms with Crippen LogP contribution in [0.2, 0.25) is 0 Å². The smallest absolute Gasteiger partial charge is 0.274 e. The van der Waals surface area contributed by atoms with Gasteiger partial charge in [0.25, 0.3) is 5.69 Å². The summed E-state index contributed by atoms with van der Waals surface area (Å²) in [5, 5.41) is 16.4. The summed E-state index contributed by atoms with van der Waals surface area (Å²) in [6.45, 7) is 3.97. The highest BCUT2D eigenvalue weighted by Crippen LogP contribution is 2.25. The lowest BCUT2D eigenvalue weighted by molar-refractivity contribution is -0.385. The molecule has 1 aromatic rings. The first-order valence-corrected chi connectivity index (χ1v) is 5.66. The molecule has 19 heavy (non-hydrogen) atoms. The summed E-state index contributed by atoms with van der Waals surface area (Å²) in [6.07, 6.45) is 0. The predicted molar refractivity (Wildman–Crippen MR) is 76.8 cm³/mol. The van der Waals surface area contributed by atoms with Crippen molar-refractivity contribution < 1.29 is 9.72 Å². The first-order valence-electron chi connectivity index (χ1n) is 5.66. The fourth-order valence-electron chi connectivity index (χ4n) is 1.61. The lowest BCUT2D eigenvalue weighted by Gasteiger charge is -2.13. The van der Waals surface area contributed by atoms with E-state index in [0.717, 1.165) is 0 Å². The maximum atomic E-state index is 11.8. The molecule has 6 nitrogen and oxygen atoms in total. The van der Waals surface area contributed by atoms with Crippen molar-refractivity contribution in [3.8, 4) is 0 Å². The molecule has 0 fully saturated rings. The van der Waals surface area contributed by atoms with Crippen molar-refractivity contribution >= 4 is 29.7 Å². The van der Waals surface area contributed by atoms with Gasteiger partial charge in [0.2, 0.25) is 5.91 Å². The molecule has 0 saturated heterocycles. The number of halogens is 1. The largest absolute Gasteiger partial charge is 0.325 e. The monoisotopic (exact) mass is 287 g/mol. The Bertz CT molecular complexity index is 466. The molecule has 0 aliphatic rings. The number of carbonyl (C=O) groups is 1. The van der Waals surface area contributed by atoms with E-state index in [2.05, 4.69) is 10.6 Å². The molecular weight excluding hydrogens is 270 g/mol. The number of benzene rings is 1. The Morgan fingerprint density at radius 2 is 2.11 bits per heavy atom. The first kappa shape index (κ1) is 17.3. The van der Waals surface area contributed by atoms with Gasteiger partial charge >= 0.3 is 0 Å². The molecule has 0 spiro atoms. The van der Waals surface area contributed by atoms with Gasteiger partial charge in [0.1, 0.15) is 0 Å². The second-order valence-electron chi connectivity index (χ2n) is 4.15. The molecule has 0 aliphatic carbocycles. The molecule has 0 aliphatic heterocycles. The SMILES string of the molecule is CNCC(C)C(=O)Nc1cccc([N+](=O)[O-])c1C.Cl. The summed E-state index contributed by atoms with van der Waals surface area (Å²) < 4.78 is 0. The van der Waals surface area contributed by atoms with Crippen LogP contribution in [0.1, 0.15) is 12.5 Å². The number of nitro groups is 1. The molecule has 1 rings (SSSR count). The number of hydrogen-bond donors (Lipinski definition) is 2. The van der Waals surface area contributed by atoms with Gasteiger partial charge in [-0.15, -0.1) is 12.4 Å². The van der Waals surface area contributed by atoms with Gasteiger partial charge in [0.05, 0.1) is 16.2 Å². The quantitative estimate of drug-likeness (QED) is 0.642. The van der Waals surface area contributed by atoms with Crippen LogP contribution < -0.4 is 10.6 Å². The average molecular weight is 288 g/mol. The Morgan fingerprint density at radius 3 is 2.63 bits per heavy atom.